The molecule has 0 unspecified atom stereocenters. The van der Waals surface area contributed by atoms with E-state index >= 15 is 0 Å². The van der Waals surface area contributed by atoms with Crippen LogP contribution < -0.4 is 5.32 Å². The van der Waals surface area contributed by atoms with Crippen molar-refractivity contribution >= 4 is 28.5 Å². The second kappa shape index (κ2) is 2.39. The van der Waals surface area contributed by atoms with E-state index in [0.717, 1.165) is 9.45 Å². The third kappa shape index (κ3) is 0.964. The zero-order valence-electron chi connectivity index (χ0n) is 4.44. The fourth-order valence-corrected chi connectivity index (χ4v) is 1.02. The van der Waals surface area contributed by atoms with E-state index < -0.39 is 0 Å². The van der Waals surface area contributed by atoms with Crippen molar-refractivity contribution in [2.45, 2.75) is 0 Å². The molecule has 0 aliphatic rings. The summed E-state index contributed by atoms with van der Waals surface area (Å²) in [6.07, 6.45) is 1.66. The predicted octanol–water partition coefficient (Wildman–Crippen LogP) is 1.93. The second-order valence-electron chi connectivity index (χ2n) is 1.35. The number of halogens is 1. The Hall–Kier alpha value is -0.190. The lowest BCUT2D eigenvalue weighted by molar-refractivity contribution is 0.582. The van der Waals surface area contributed by atoms with Gasteiger partial charge in [0.05, 0.1) is 9.83 Å². The van der Waals surface area contributed by atoms with Crippen molar-refractivity contribution in [3.63, 3.8) is 0 Å². The molecule has 0 fully saturated rings. The minimum absolute atomic E-state index is 0.839. The number of furan rings is 1. The van der Waals surface area contributed by atoms with Crippen LogP contribution in [0.5, 0.6) is 0 Å². The highest BCUT2D eigenvalue weighted by Crippen LogP contribution is 2.16. The minimum atomic E-state index is 0.839. The van der Waals surface area contributed by atoms with Gasteiger partial charge in [0.15, 0.2) is 0 Å². The zero-order chi connectivity index (χ0) is 5.98. The molecule has 1 N–H and O–H groups in total. The highest BCUT2D eigenvalue weighted by atomic mass is 127. The molecule has 1 aromatic rings. The fraction of sp³-hybridized carbons (Fsp3) is 0.200. The Labute approximate surface area is 61.4 Å². The molecule has 1 rings (SSSR count). The van der Waals surface area contributed by atoms with Crippen molar-refractivity contribution in [2.75, 3.05) is 12.4 Å². The van der Waals surface area contributed by atoms with E-state index in [9.17, 15) is 0 Å². The van der Waals surface area contributed by atoms with Gasteiger partial charge < -0.3 is 9.73 Å². The van der Waals surface area contributed by atoms with Crippen molar-refractivity contribution in [1.82, 2.24) is 0 Å². The molecule has 0 radical (unpaired) electrons. The van der Waals surface area contributed by atoms with E-state index in [-0.39, 0.29) is 0 Å². The summed E-state index contributed by atoms with van der Waals surface area (Å²) < 4.78 is 6.11. The van der Waals surface area contributed by atoms with Gasteiger partial charge >= 0.3 is 0 Å². The molecule has 0 aliphatic heterocycles. The van der Waals surface area contributed by atoms with Gasteiger partial charge in [-0.25, -0.2) is 0 Å². The zero-order valence-corrected chi connectivity index (χ0v) is 6.60. The van der Waals surface area contributed by atoms with E-state index in [1.54, 1.807) is 6.26 Å². The first-order chi connectivity index (χ1) is 3.84. The standard InChI is InChI=1S/C5H6INO/c1-7-5-4(6)2-3-8-5/h2-3,7H,1H3. The summed E-state index contributed by atoms with van der Waals surface area (Å²) in [4.78, 5) is 0. The Bertz CT molecular complexity index is 173. The van der Waals surface area contributed by atoms with Crippen LogP contribution in [0.3, 0.4) is 0 Å². The van der Waals surface area contributed by atoms with Gasteiger partial charge in [-0.3, -0.25) is 0 Å². The van der Waals surface area contributed by atoms with Crippen LogP contribution in [0.2, 0.25) is 0 Å². The van der Waals surface area contributed by atoms with E-state index in [2.05, 4.69) is 27.9 Å². The van der Waals surface area contributed by atoms with Gasteiger partial charge in [0.25, 0.3) is 0 Å². The lowest BCUT2D eigenvalue weighted by atomic mass is 10.6. The summed E-state index contributed by atoms with van der Waals surface area (Å²) in [5, 5.41) is 2.90. The molecule has 0 bridgehead atoms. The van der Waals surface area contributed by atoms with Crippen molar-refractivity contribution in [1.29, 1.82) is 0 Å². The van der Waals surface area contributed by atoms with Crippen molar-refractivity contribution in [3.8, 4) is 0 Å². The molecule has 0 aliphatic carbocycles. The van der Waals surface area contributed by atoms with Gasteiger partial charge in [-0.15, -0.1) is 0 Å². The van der Waals surface area contributed by atoms with Gasteiger partial charge in [0.2, 0.25) is 5.88 Å². The maximum absolute atomic E-state index is 4.99. The van der Waals surface area contributed by atoms with Crippen LogP contribution in [-0.4, -0.2) is 7.05 Å². The Balaban J connectivity index is 2.92. The normalized spacial score (nSPS) is 9.25. The SMILES string of the molecule is CNc1occc1I. The summed E-state index contributed by atoms with van der Waals surface area (Å²) in [5.74, 6) is 0.839. The quantitative estimate of drug-likeness (QED) is 0.735. The van der Waals surface area contributed by atoms with Gasteiger partial charge in [-0.1, -0.05) is 0 Å². The van der Waals surface area contributed by atoms with E-state index in [1.807, 2.05) is 13.1 Å². The van der Waals surface area contributed by atoms with Crippen LogP contribution in [0.4, 0.5) is 5.88 Å². The Kier molecular flexibility index (Phi) is 1.77. The van der Waals surface area contributed by atoms with Crippen LogP contribution in [0, 0.1) is 3.57 Å². The predicted molar refractivity (Wildman–Crippen MR) is 41.0 cm³/mol. The highest BCUT2D eigenvalue weighted by Gasteiger charge is 1.96. The van der Waals surface area contributed by atoms with Gasteiger partial charge in [0.1, 0.15) is 0 Å². The van der Waals surface area contributed by atoms with E-state index in [4.69, 9.17) is 4.42 Å². The van der Waals surface area contributed by atoms with Crippen molar-refractivity contribution in [2.24, 2.45) is 0 Å². The number of hydrogen-bond donors (Lipinski definition) is 1. The average molecular weight is 223 g/mol. The van der Waals surface area contributed by atoms with E-state index in [0.29, 0.717) is 0 Å². The molecule has 0 saturated heterocycles. The van der Waals surface area contributed by atoms with Gasteiger partial charge in [0, 0.05) is 7.05 Å². The minimum Gasteiger partial charge on any atom is -0.448 e. The van der Waals surface area contributed by atoms with Crippen LogP contribution >= 0.6 is 22.6 Å². The molecule has 0 spiro atoms. The average Bonchev–Trinajstić information content (AvgIpc) is 2.14. The third-order valence-electron chi connectivity index (χ3n) is 0.844. The molecule has 44 valence electrons. The summed E-state index contributed by atoms with van der Waals surface area (Å²) in [6, 6.07) is 1.91. The van der Waals surface area contributed by atoms with Gasteiger partial charge in [-0.05, 0) is 28.7 Å². The third-order valence-corrected chi connectivity index (χ3v) is 1.69. The summed E-state index contributed by atoms with van der Waals surface area (Å²) in [5.41, 5.74) is 0. The second-order valence-corrected chi connectivity index (χ2v) is 2.51. The molecule has 0 atom stereocenters. The lowest BCUT2D eigenvalue weighted by Gasteiger charge is -1.89. The van der Waals surface area contributed by atoms with Crippen LogP contribution in [0.1, 0.15) is 0 Å². The largest absolute Gasteiger partial charge is 0.448 e. The van der Waals surface area contributed by atoms with Crippen LogP contribution in [0.15, 0.2) is 16.7 Å². The van der Waals surface area contributed by atoms with Crippen LogP contribution in [-0.2, 0) is 0 Å². The molecule has 8 heavy (non-hydrogen) atoms. The first-order valence-electron chi connectivity index (χ1n) is 2.25. The topological polar surface area (TPSA) is 25.2 Å². The lowest BCUT2D eigenvalue weighted by Crippen LogP contribution is -1.85. The Morgan fingerprint density at radius 2 is 2.50 bits per heavy atom. The smallest absolute Gasteiger partial charge is 0.205 e. The number of hydrogen-bond acceptors (Lipinski definition) is 2. The van der Waals surface area contributed by atoms with Crippen molar-refractivity contribution in [3.05, 3.63) is 15.9 Å². The first kappa shape index (κ1) is 5.94. The molecular weight excluding hydrogens is 217 g/mol. The Morgan fingerprint density at radius 1 is 1.75 bits per heavy atom. The number of anilines is 1. The van der Waals surface area contributed by atoms with Gasteiger partial charge in [-0.2, -0.15) is 0 Å². The summed E-state index contributed by atoms with van der Waals surface area (Å²) >= 11 is 2.20. The molecule has 0 aromatic carbocycles. The van der Waals surface area contributed by atoms with E-state index in [1.165, 1.54) is 0 Å². The molecular formula is C5H6INO. The molecule has 2 nitrogen and oxygen atoms in total. The Morgan fingerprint density at radius 3 is 2.75 bits per heavy atom. The maximum atomic E-state index is 4.99. The summed E-state index contributed by atoms with van der Waals surface area (Å²) in [6.45, 7) is 0. The molecule has 0 amide bonds. The number of nitrogens with one attached hydrogen (secondary N) is 1. The van der Waals surface area contributed by atoms with Crippen molar-refractivity contribution < 1.29 is 4.42 Å². The molecule has 1 aromatic heterocycles. The van der Waals surface area contributed by atoms with Crippen LogP contribution in [0.25, 0.3) is 0 Å². The first-order valence-corrected chi connectivity index (χ1v) is 3.33. The maximum Gasteiger partial charge on any atom is 0.205 e. The monoisotopic (exact) mass is 223 g/mol. The molecule has 3 heteroatoms. The molecule has 0 saturated carbocycles. The fourth-order valence-electron chi connectivity index (χ4n) is 0.472. The summed E-state index contributed by atoms with van der Waals surface area (Å²) in [7, 11) is 1.83. The number of rotatable bonds is 1. The molecule has 1 heterocycles. The highest BCUT2D eigenvalue weighted by molar-refractivity contribution is 14.1.